The van der Waals surface area contributed by atoms with Gasteiger partial charge in [0.1, 0.15) is 0 Å². The molecule has 0 aromatic carbocycles. The SMILES string of the molecule is CCOP(=O)(CC(O)CC(C)C)OCC. The third kappa shape index (κ3) is 7.07. The average molecular weight is 238 g/mol. The van der Waals surface area contributed by atoms with Gasteiger partial charge >= 0.3 is 7.60 Å². The summed E-state index contributed by atoms with van der Waals surface area (Å²) in [4.78, 5) is 0. The smallest absolute Gasteiger partial charge is 0.333 e. The minimum atomic E-state index is -3.08. The van der Waals surface area contributed by atoms with Crippen molar-refractivity contribution in [1.82, 2.24) is 0 Å². The Morgan fingerprint density at radius 3 is 2.00 bits per heavy atom. The van der Waals surface area contributed by atoms with Gasteiger partial charge in [-0.05, 0) is 26.2 Å². The third-order valence-electron chi connectivity index (χ3n) is 1.83. The lowest BCUT2D eigenvalue weighted by Crippen LogP contribution is -2.17. The summed E-state index contributed by atoms with van der Waals surface area (Å²) < 4.78 is 22.2. The second kappa shape index (κ2) is 7.39. The Labute approximate surface area is 92.5 Å². The first-order valence-electron chi connectivity index (χ1n) is 5.49. The van der Waals surface area contributed by atoms with Crippen LogP contribution < -0.4 is 0 Å². The summed E-state index contributed by atoms with van der Waals surface area (Å²) >= 11 is 0. The van der Waals surface area contributed by atoms with Gasteiger partial charge in [-0.15, -0.1) is 0 Å². The summed E-state index contributed by atoms with van der Waals surface area (Å²) in [6.07, 6.45) is 0.0886. The van der Waals surface area contributed by atoms with Crippen LogP contribution >= 0.6 is 7.60 Å². The van der Waals surface area contributed by atoms with Crippen LogP contribution in [0.5, 0.6) is 0 Å². The van der Waals surface area contributed by atoms with Crippen molar-refractivity contribution in [2.24, 2.45) is 5.92 Å². The van der Waals surface area contributed by atoms with Crippen molar-refractivity contribution >= 4 is 7.60 Å². The van der Waals surface area contributed by atoms with Crippen molar-refractivity contribution < 1.29 is 18.7 Å². The lowest BCUT2D eigenvalue weighted by atomic mass is 10.1. The van der Waals surface area contributed by atoms with E-state index in [1.807, 2.05) is 13.8 Å². The van der Waals surface area contributed by atoms with E-state index in [1.165, 1.54) is 0 Å². The zero-order valence-electron chi connectivity index (χ0n) is 10.1. The molecule has 0 radical (unpaired) electrons. The molecule has 0 saturated carbocycles. The molecule has 0 aromatic rings. The van der Waals surface area contributed by atoms with Crippen molar-refractivity contribution in [2.75, 3.05) is 19.4 Å². The third-order valence-corrected chi connectivity index (χ3v) is 4.00. The highest BCUT2D eigenvalue weighted by Crippen LogP contribution is 2.48. The van der Waals surface area contributed by atoms with E-state index in [-0.39, 0.29) is 6.16 Å². The highest BCUT2D eigenvalue weighted by atomic mass is 31.2. The van der Waals surface area contributed by atoms with Gasteiger partial charge in [0.15, 0.2) is 0 Å². The Kier molecular flexibility index (Phi) is 7.45. The summed E-state index contributed by atoms with van der Waals surface area (Å²) in [5.41, 5.74) is 0. The zero-order valence-corrected chi connectivity index (χ0v) is 11.0. The summed E-state index contributed by atoms with van der Waals surface area (Å²) in [5, 5.41) is 9.68. The van der Waals surface area contributed by atoms with Crippen LogP contribution in [0.15, 0.2) is 0 Å². The molecular formula is C10H23O4P. The summed E-state index contributed by atoms with van der Waals surface area (Å²) in [6, 6.07) is 0. The topological polar surface area (TPSA) is 55.8 Å². The van der Waals surface area contributed by atoms with Gasteiger partial charge in [0, 0.05) is 0 Å². The van der Waals surface area contributed by atoms with Gasteiger partial charge in [-0.1, -0.05) is 13.8 Å². The molecule has 0 aliphatic rings. The summed E-state index contributed by atoms with van der Waals surface area (Å²) in [6.45, 7) is 8.23. The van der Waals surface area contributed by atoms with Crippen molar-refractivity contribution in [1.29, 1.82) is 0 Å². The van der Waals surface area contributed by atoms with Gasteiger partial charge in [0.05, 0.1) is 25.5 Å². The van der Waals surface area contributed by atoms with E-state index in [0.29, 0.717) is 25.6 Å². The molecule has 0 rings (SSSR count). The van der Waals surface area contributed by atoms with Gasteiger partial charge in [0.2, 0.25) is 0 Å². The normalized spacial score (nSPS) is 14.5. The van der Waals surface area contributed by atoms with Crippen molar-refractivity contribution in [3.8, 4) is 0 Å². The maximum atomic E-state index is 12.0. The van der Waals surface area contributed by atoms with Crippen LogP contribution in [-0.4, -0.2) is 30.6 Å². The fraction of sp³-hybridized carbons (Fsp3) is 1.00. The molecule has 1 N–H and O–H groups in total. The van der Waals surface area contributed by atoms with E-state index >= 15 is 0 Å². The molecular weight excluding hydrogens is 215 g/mol. The van der Waals surface area contributed by atoms with E-state index in [1.54, 1.807) is 13.8 Å². The lowest BCUT2D eigenvalue weighted by molar-refractivity contribution is 0.150. The number of rotatable bonds is 8. The molecule has 0 spiro atoms. The minimum Gasteiger partial charge on any atom is -0.392 e. The zero-order chi connectivity index (χ0) is 11.9. The van der Waals surface area contributed by atoms with Crippen LogP contribution in [0.1, 0.15) is 34.1 Å². The molecule has 4 nitrogen and oxygen atoms in total. The molecule has 0 heterocycles. The van der Waals surface area contributed by atoms with Crippen molar-refractivity contribution in [3.63, 3.8) is 0 Å². The first-order chi connectivity index (χ1) is 6.93. The predicted octanol–water partition coefficient (Wildman–Crippen LogP) is 2.66. The fourth-order valence-corrected chi connectivity index (χ4v) is 3.15. The van der Waals surface area contributed by atoms with Crippen LogP contribution in [-0.2, 0) is 13.6 Å². The first-order valence-corrected chi connectivity index (χ1v) is 7.22. The molecule has 92 valence electrons. The number of hydrogen-bond acceptors (Lipinski definition) is 4. The lowest BCUT2D eigenvalue weighted by Gasteiger charge is -2.20. The van der Waals surface area contributed by atoms with Crippen LogP contribution in [0.3, 0.4) is 0 Å². The molecule has 0 bridgehead atoms. The minimum absolute atomic E-state index is 0.0901. The monoisotopic (exact) mass is 238 g/mol. The number of hydrogen-bond donors (Lipinski definition) is 1. The summed E-state index contributed by atoms with van der Waals surface area (Å²) in [5.74, 6) is 0.372. The van der Waals surface area contributed by atoms with Gasteiger partial charge in [0.25, 0.3) is 0 Å². The first kappa shape index (κ1) is 15.1. The second-order valence-electron chi connectivity index (χ2n) is 3.91. The Morgan fingerprint density at radius 2 is 1.67 bits per heavy atom. The van der Waals surface area contributed by atoms with Crippen LogP contribution in [0.2, 0.25) is 0 Å². The maximum Gasteiger partial charge on any atom is 0.333 e. The Hall–Kier alpha value is 0.110. The average Bonchev–Trinajstić information content (AvgIpc) is 2.01. The number of aliphatic hydroxyl groups excluding tert-OH is 1. The standard InChI is InChI=1S/C10H23O4P/c1-5-13-15(12,14-6-2)8-10(11)7-9(3)4/h9-11H,5-8H2,1-4H3. The largest absolute Gasteiger partial charge is 0.392 e. The molecule has 0 aliphatic heterocycles. The fourth-order valence-electron chi connectivity index (χ4n) is 1.41. The predicted molar refractivity (Wildman–Crippen MR) is 61.2 cm³/mol. The van der Waals surface area contributed by atoms with Gasteiger partial charge < -0.3 is 14.2 Å². The Bertz CT molecular complexity index is 196. The molecule has 0 saturated heterocycles. The molecule has 15 heavy (non-hydrogen) atoms. The van der Waals surface area contributed by atoms with E-state index in [2.05, 4.69) is 0 Å². The molecule has 0 aliphatic carbocycles. The van der Waals surface area contributed by atoms with E-state index in [9.17, 15) is 9.67 Å². The van der Waals surface area contributed by atoms with E-state index in [4.69, 9.17) is 9.05 Å². The molecule has 5 heteroatoms. The molecule has 0 amide bonds. The molecule has 0 fully saturated rings. The van der Waals surface area contributed by atoms with Crippen molar-refractivity contribution in [3.05, 3.63) is 0 Å². The highest BCUT2D eigenvalue weighted by molar-refractivity contribution is 7.53. The second-order valence-corrected chi connectivity index (χ2v) is 6.02. The van der Waals surface area contributed by atoms with Gasteiger partial charge in [-0.2, -0.15) is 0 Å². The van der Waals surface area contributed by atoms with Gasteiger partial charge in [-0.25, -0.2) is 0 Å². The highest BCUT2D eigenvalue weighted by Gasteiger charge is 2.27. The van der Waals surface area contributed by atoms with Crippen LogP contribution in [0.4, 0.5) is 0 Å². The quantitative estimate of drug-likeness (QED) is 0.660. The number of aliphatic hydroxyl groups is 1. The van der Waals surface area contributed by atoms with E-state index < -0.39 is 13.7 Å². The molecule has 1 atom stereocenters. The maximum absolute atomic E-state index is 12.0. The molecule has 1 unspecified atom stereocenters. The Morgan fingerprint density at radius 1 is 1.20 bits per heavy atom. The summed E-state index contributed by atoms with van der Waals surface area (Å²) in [7, 11) is -3.08. The van der Waals surface area contributed by atoms with E-state index in [0.717, 1.165) is 0 Å². The Balaban J connectivity index is 4.21. The van der Waals surface area contributed by atoms with Gasteiger partial charge in [-0.3, -0.25) is 4.57 Å². The van der Waals surface area contributed by atoms with Crippen LogP contribution in [0.25, 0.3) is 0 Å². The molecule has 0 aromatic heterocycles. The van der Waals surface area contributed by atoms with Crippen LogP contribution in [0, 0.1) is 5.92 Å². The van der Waals surface area contributed by atoms with Crippen molar-refractivity contribution in [2.45, 2.75) is 40.2 Å².